The standard InChI is InChI=1S/C13H16N4O3S/c18-7-9-5-10(19)6-17(9)12(20)8-21-13-15-14-11-3-1-2-4-16(11)13/h1-4,9-10,18-19H,5-8H2/t9-,10+/m0/s1. The first kappa shape index (κ1) is 14.3. The Morgan fingerprint density at radius 1 is 1.43 bits per heavy atom. The molecule has 0 aromatic carbocycles. The summed E-state index contributed by atoms with van der Waals surface area (Å²) in [7, 11) is 0. The van der Waals surface area contributed by atoms with Crippen molar-refractivity contribution < 1.29 is 15.0 Å². The van der Waals surface area contributed by atoms with Crippen LogP contribution in [0.4, 0.5) is 0 Å². The molecule has 2 aromatic rings. The lowest BCUT2D eigenvalue weighted by atomic mass is 10.2. The average molecular weight is 308 g/mol. The van der Waals surface area contributed by atoms with Gasteiger partial charge in [-0.05, 0) is 18.6 Å². The second-order valence-electron chi connectivity index (χ2n) is 4.97. The predicted molar refractivity (Wildman–Crippen MR) is 76.9 cm³/mol. The van der Waals surface area contributed by atoms with Gasteiger partial charge in [0.15, 0.2) is 10.8 Å². The fraction of sp³-hybridized carbons (Fsp3) is 0.462. The molecule has 0 aliphatic carbocycles. The van der Waals surface area contributed by atoms with E-state index in [-0.39, 0.29) is 30.9 Å². The van der Waals surface area contributed by atoms with E-state index in [1.807, 2.05) is 28.8 Å². The summed E-state index contributed by atoms with van der Waals surface area (Å²) < 4.78 is 1.82. The van der Waals surface area contributed by atoms with Crippen LogP contribution in [0.15, 0.2) is 29.6 Å². The van der Waals surface area contributed by atoms with Gasteiger partial charge in [0, 0.05) is 12.7 Å². The van der Waals surface area contributed by atoms with Crippen molar-refractivity contribution in [3.63, 3.8) is 0 Å². The van der Waals surface area contributed by atoms with Gasteiger partial charge >= 0.3 is 0 Å². The number of thioether (sulfide) groups is 1. The van der Waals surface area contributed by atoms with Gasteiger partial charge in [0.2, 0.25) is 5.91 Å². The summed E-state index contributed by atoms with van der Waals surface area (Å²) in [5, 5.41) is 27.6. The minimum absolute atomic E-state index is 0.108. The fourth-order valence-electron chi connectivity index (χ4n) is 2.50. The highest BCUT2D eigenvalue weighted by Gasteiger charge is 2.33. The van der Waals surface area contributed by atoms with Gasteiger partial charge in [-0.25, -0.2) is 0 Å². The van der Waals surface area contributed by atoms with E-state index in [0.717, 1.165) is 5.65 Å². The van der Waals surface area contributed by atoms with E-state index in [2.05, 4.69) is 10.2 Å². The Balaban J connectivity index is 1.66. The number of pyridine rings is 1. The van der Waals surface area contributed by atoms with Crippen molar-refractivity contribution in [3.05, 3.63) is 24.4 Å². The molecule has 2 N–H and O–H groups in total. The number of hydrogen-bond donors (Lipinski definition) is 2. The zero-order valence-corrected chi connectivity index (χ0v) is 12.1. The average Bonchev–Trinajstić information content (AvgIpc) is 3.08. The summed E-state index contributed by atoms with van der Waals surface area (Å²) in [6.07, 6.45) is 1.73. The Bertz CT molecular complexity index is 647. The Morgan fingerprint density at radius 2 is 2.29 bits per heavy atom. The zero-order valence-electron chi connectivity index (χ0n) is 11.3. The summed E-state index contributed by atoms with van der Waals surface area (Å²) in [5.74, 6) is 0.0992. The maximum absolute atomic E-state index is 12.2. The van der Waals surface area contributed by atoms with Gasteiger partial charge in [0.25, 0.3) is 0 Å². The lowest BCUT2D eigenvalue weighted by Crippen LogP contribution is -2.39. The number of hydrogen-bond acceptors (Lipinski definition) is 6. The van der Waals surface area contributed by atoms with Crippen molar-refractivity contribution in [2.45, 2.75) is 23.7 Å². The molecule has 2 atom stereocenters. The highest BCUT2D eigenvalue weighted by Crippen LogP contribution is 2.21. The molecule has 0 unspecified atom stereocenters. The number of β-amino-alcohol motifs (C(OH)–C–C–N with tert-alkyl or cyclic N) is 1. The van der Waals surface area contributed by atoms with Crippen LogP contribution < -0.4 is 0 Å². The highest BCUT2D eigenvalue weighted by molar-refractivity contribution is 7.99. The van der Waals surface area contributed by atoms with Crippen LogP contribution in [-0.4, -0.2) is 66.7 Å². The SMILES string of the molecule is O=C(CSc1nnc2ccccn12)N1C[C@H](O)C[C@H]1CO. The minimum atomic E-state index is -0.551. The van der Waals surface area contributed by atoms with Crippen LogP contribution in [0.1, 0.15) is 6.42 Å². The Kier molecular flexibility index (Phi) is 4.09. The van der Waals surface area contributed by atoms with Gasteiger partial charge in [-0.15, -0.1) is 10.2 Å². The second-order valence-corrected chi connectivity index (χ2v) is 5.91. The second kappa shape index (κ2) is 6.00. The van der Waals surface area contributed by atoms with E-state index in [1.165, 1.54) is 11.8 Å². The van der Waals surface area contributed by atoms with Gasteiger partial charge in [-0.2, -0.15) is 0 Å². The third-order valence-electron chi connectivity index (χ3n) is 3.53. The molecular formula is C13H16N4O3S. The molecule has 0 saturated carbocycles. The van der Waals surface area contributed by atoms with Gasteiger partial charge in [0.1, 0.15) is 0 Å². The first-order chi connectivity index (χ1) is 10.2. The van der Waals surface area contributed by atoms with Crippen molar-refractivity contribution in [2.75, 3.05) is 18.9 Å². The number of aromatic nitrogens is 3. The zero-order chi connectivity index (χ0) is 14.8. The molecular weight excluding hydrogens is 292 g/mol. The number of aliphatic hydroxyl groups is 2. The van der Waals surface area contributed by atoms with Crippen LogP contribution in [-0.2, 0) is 4.79 Å². The topological polar surface area (TPSA) is 91.0 Å². The number of carbonyl (C=O) groups is 1. The normalized spacial score (nSPS) is 22.1. The molecule has 1 saturated heterocycles. The fourth-order valence-corrected chi connectivity index (χ4v) is 3.31. The molecule has 3 heterocycles. The number of nitrogens with zero attached hydrogens (tertiary/aromatic N) is 4. The maximum Gasteiger partial charge on any atom is 0.233 e. The van der Waals surface area contributed by atoms with Crippen LogP contribution in [0.5, 0.6) is 0 Å². The number of carbonyl (C=O) groups excluding carboxylic acids is 1. The van der Waals surface area contributed by atoms with E-state index in [1.54, 1.807) is 4.90 Å². The number of rotatable bonds is 4. The summed E-state index contributed by atoms with van der Waals surface area (Å²) in [4.78, 5) is 13.8. The van der Waals surface area contributed by atoms with Crippen molar-refractivity contribution >= 4 is 23.3 Å². The van der Waals surface area contributed by atoms with E-state index in [0.29, 0.717) is 11.6 Å². The molecule has 3 rings (SSSR count). The summed E-state index contributed by atoms with van der Waals surface area (Å²) in [6.45, 7) is 0.159. The Labute approximate surface area is 125 Å². The predicted octanol–water partition coefficient (Wildman–Crippen LogP) is -0.225. The lowest BCUT2D eigenvalue weighted by Gasteiger charge is -2.22. The molecule has 0 bridgehead atoms. The van der Waals surface area contributed by atoms with Crippen LogP contribution in [0.25, 0.3) is 5.65 Å². The molecule has 21 heavy (non-hydrogen) atoms. The van der Waals surface area contributed by atoms with Gasteiger partial charge in [-0.1, -0.05) is 17.8 Å². The quantitative estimate of drug-likeness (QED) is 0.759. The number of likely N-dealkylation sites (tertiary alicyclic amines) is 1. The molecule has 2 aromatic heterocycles. The van der Waals surface area contributed by atoms with Gasteiger partial charge in [0.05, 0.1) is 24.5 Å². The molecule has 1 aliphatic rings. The molecule has 8 heteroatoms. The Morgan fingerprint density at radius 3 is 3.10 bits per heavy atom. The highest BCUT2D eigenvalue weighted by atomic mass is 32.2. The number of amides is 1. The van der Waals surface area contributed by atoms with Crippen molar-refractivity contribution in [1.82, 2.24) is 19.5 Å². The Hall–Kier alpha value is -1.64. The van der Waals surface area contributed by atoms with Crippen molar-refractivity contribution in [2.24, 2.45) is 0 Å². The lowest BCUT2D eigenvalue weighted by molar-refractivity contribution is -0.130. The smallest absolute Gasteiger partial charge is 0.233 e. The van der Waals surface area contributed by atoms with Crippen LogP contribution in [0.2, 0.25) is 0 Å². The van der Waals surface area contributed by atoms with Gasteiger partial charge < -0.3 is 15.1 Å². The largest absolute Gasteiger partial charge is 0.394 e. The van der Waals surface area contributed by atoms with E-state index >= 15 is 0 Å². The van der Waals surface area contributed by atoms with E-state index in [4.69, 9.17) is 0 Å². The molecule has 1 aliphatic heterocycles. The first-order valence-corrected chi connectivity index (χ1v) is 7.68. The molecule has 1 fully saturated rings. The van der Waals surface area contributed by atoms with Crippen LogP contribution >= 0.6 is 11.8 Å². The molecule has 1 amide bonds. The molecule has 0 spiro atoms. The minimum Gasteiger partial charge on any atom is -0.394 e. The van der Waals surface area contributed by atoms with Crippen LogP contribution in [0, 0.1) is 0 Å². The molecule has 7 nitrogen and oxygen atoms in total. The van der Waals surface area contributed by atoms with Crippen LogP contribution in [0.3, 0.4) is 0 Å². The van der Waals surface area contributed by atoms with E-state index < -0.39 is 6.10 Å². The number of aliphatic hydroxyl groups excluding tert-OH is 2. The first-order valence-electron chi connectivity index (χ1n) is 6.70. The number of fused-ring (bicyclic) bond motifs is 1. The third kappa shape index (κ3) is 2.87. The maximum atomic E-state index is 12.2. The van der Waals surface area contributed by atoms with Crippen molar-refractivity contribution in [3.8, 4) is 0 Å². The monoisotopic (exact) mass is 308 g/mol. The summed E-state index contributed by atoms with van der Waals surface area (Å²) >= 11 is 1.30. The molecule has 112 valence electrons. The third-order valence-corrected chi connectivity index (χ3v) is 4.46. The van der Waals surface area contributed by atoms with E-state index in [9.17, 15) is 15.0 Å². The van der Waals surface area contributed by atoms with Crippen molar-refractivity contribution in [1.29, 1.82) is 0 Å². The van der Waals surface area contributed by atoms with Gasteiger partial charge in [-0.3, -0.25) is 9.20 Å². The molecule has 0 radical (unpaired) electrons. The summed E-state index contributed by atoms with van der Waals surface area (Å²) in [5.41, 5.74) is 0.734. The summed E-state index contributed by atoms with van der Waals surface area (Å²) in [6, 6.07) is 5.31.